The number of H-pyrrole nitrogens is 1. The number of rotatable bonds is 7. The molecule has 0 aliphatic heterocycles. The fraction of sp³-hybridized carbons (Fsp3) is 0.167. The molecule has 10 heteroatoms. The maximum absolute atomic E-state index is 12.4. The van der Waals surface area contributed by atoms with Crippen molar-refractivity contribution in [1.82, 2.24) is 4.98 Å². The maximum Gasteiger partial charge on any atom is 0.252 e. The Morgan fingerprint density at radius 1 is 1.36 bits per heavy atom. The minimum atomic E-state index is -0.753. The number of carbonyl (C=O) groups is 2. The number of primary amides is 1. The lowest BCUT2D eigenvalue weighted by Crippen LogP contribution is -2.16. The maximum atomic E-state index is 12.4. The number of carbonyl (C=O) groups excluding carboxylic acids is 2. The van der Waals surface area contributed by atoms with Gasteiger partial charge in [0.15, 0.2) is 0 Å². The van der Waals surface area contributed by atoms with Crippen molar-refractivity contribution in [2.24, 2.45) is 5.73 Å². The number of hydrogen-bond donors (Lipinski definition) is 4. The Bertz CT molecular complexity index is 1110. The summed E-state index contributed by atoms with van der Waals surface area (Å²) in [4.78, 5) is 38.3. The number of hydrogen-bond acceptors (Lipinski definition) is 7. The second-order valence-electron chi connectivity index (χ2n) is 5.62. The summed E-state index contributed by atoms with van der Waals surface area (Å²) in [6.45, 7) is 2.31. The second kappa shape index (κ2) is 8.36. The van der Waals surface area contributed by atoms with Crippen LogP contribution >= 0.6 is 23.1 Å². The molecule has 0 fully saturated rings. The lowest BCUT2D eigenvalue weighted by atomic mass is 10.2. The first-order valence-corrected chi connectivity index (χ1v) is 10.0. The highest BCUT2D eigenvalue weighted by Gasteiger charge is 2.21. The highest BCUT2D eigenvalue weighted by Crippen LogP contribution is 2.40. The molecule has 0 saturated carbocycles. The first-order chi connectivity index (χ1) is 13.4. The van der Waals surface area contributed by atoms with Crippen molar-refractivity contribution < 1.29 is 19.4 Å². The van der Waals surface area contributed by atoms with E-state index in [2.05, 4.69) is 10.3 Å². The van der Waals surface area contributed by atoms with Crippen molar-refractivity contribution >= 4 is 50.8 Å². The molecule has 3 rings (SSSR count). The highest BCUT2D eigenvalue weighted by atomic mass is 32.2. The zero-order chi connectivity index (χ0) is 20.3. The predicted molar refractivity (Wildman–Crippen MR) is 110 cm³/mol. The first-order valence-electron chi connectivity index (χ1n) is 8.23. The Kier molecular flexibility index (Phi) is 5.90. The summed E-state index contributed by atoms with van der Waals surface area (Å²) in [7, 11) is 0. The van der Waals surface area contributed by atoms with Gasteiger partial charge in [0.2, 0.25) is 5.91 Å². The molecule has 2 heterocycles. The van der Waals surface area contributed by atoms with Gasteiger partial charge in [0, 0.05) is 6.07 Å². The topological polar surface area (TPSA) is 135 Å². The number of pyridine rings is 1. The number of nitrogens with two attached hydrogens (primary N) is 1. The molecule has 8 nitrogen and oxygen atoms in total. The Balaban J connectivity index is 1.81. The monoisotopic (exact) mass is 419 g/mol. The number of anilines is 1. The molecule has 0 bridgehead atoms. The quantitative estimate of drug-likeness (QED) is 0.435. The number of ether oxygens (including phenoxy) is 1. The summed E-state index contributed by atoms with van der Waals surface area (Å²) in [5.41, 5.74) is 5.69. The van der Waals surface area contributed by atoms with Gasteiger partial charge < -0.3 is 25.9 Å². The molecule has 5 N–H and O–H groups in total. The fourth-order valence-electron chi connectivity index (χ4n) is 2.55. The Labute approximate surface area is 167 Å². The van der Waals surface area contributed by atoms with Crippen LogP contribution in [0.25, 0.3) is 10.2 Å². The molecule has 2 aromatic heterocycles. The van der Waals surface area contributed by atoms with Crippen LogP contribution < -0.4 is 21.3 Å². The van der Waals surface area contributed by atoms with Crippen molar-refractivity contribution in [2.75, 3.05) is 17.7 Å². The minimum Gasteiger partial charge on any atom is -0.506 e. The summed E-state index contributed by atoms with van der Waals surface area (Å²) in [5.74, 6) is -0.739. The summed E-state index contributed by atoms with van der Waals surface area (Å²) in [6.07, 6.45) is 0. The first kappa shape index (κ1) is 19.8. The molecule has 0 aliphatic carbocycles. The largest absolute Gasteiger partial charge is 0.506 e. The molecule has 0 spiro atoms. The van der Waals surface area contributed by atoms with Crippen LogP contribution in [-0.4, -0.2) is 34.3 Å². The van der Waals surface area contributed by atoms with Gasteiger partial charge in [-0.1, -0.05) is 12.1 Å². The molecule has 28 heavy (non-hydrogen) atoms. The van der Waals surface area contributed by atoms with Crippen LogP contribution in [0.1, 0.15) is 17.3 Å². The Hall–Kier alpha value is -2.98. The highest BCUT2D eigenvalue weighted by molar-refractivity contribution is 8.02. The summed E-state index contributed by atoms with van der Waals surface area (Å²) in [5, 5.41) is 12.7. The average molecular weight is 419 g/mol. The molecular formula is C18H17N3O5S2. The van der Waals surface area contributed by atoms with E-state index in [1.54, 1.807) is 24.3 Å². The van der Waals surface area contributed by atoms with Crippen molar-refractivity contribution in [1.29, 1.82) is 0 Å². The summed E-state index contributed by atoms with van der Waals surface area (Å²) in [6, 6.07) is 8.09. The minimum absolute atomic E-state index is 0.00143. The molecule has 2 amide bonds. The number of amides is 2. The number of nitrogens with one attached hydrogen (secondary N) is 2. The van der Waals surface area contributed by atoms with E-state index in [0.29, 0.717) is 27.0 Å². The Morgan fingerprint density at radius 2 is 2.11 bits per heavy atom. The van der Waals surface area contributed by atoms with E-state index in [4.69, 9.17) is 10.5 Å². The molecule has 0 aliphatic rings. The number of aromatic nitrogens is 1. The lowest BCUT2D eigenvalue weighted by molar-refractivity contribution is -0.113. The second-order valence-corrected chi connectivity index (χ2v) is 7.88. The molecule has 0 saturated heterocycles. The third-order valence-corrected chi connectivity index (χ3v) is 6.15. The number of para-hydroxylation sites is 2. The number of thioether (sulfide) groups is 1. The van der Waals surface area contributed by atoms with Crippen molar-refractivity contribution in [3.05, 3.63) is 46.2 Å². The predicted octanol–water partition coefficient (Wildman–Crippen LogP) is 2.52. The molecule has 0 unspecified atom stereocenters. The van der Waals surface area contributed by atoms with Gasteiger partial charge in [0.25, 0.3) is 11.5 Å². The molecule has 3 aromatic rings. The van der Waals surface area contributed by atoms with Crippen LogP contribution in [-0.2, 0) is 4.79 Å². The Morgan fingerprint density at radius 3 is 2.82 bits per heavy atom. The van der Waals surface area contributed by atoms with Gasteiger partial charge in [-0.05, 0) is 19.1 Å². The van der Waals surface area contributed by atoms with E-state index in [-0.39, 0.29) is 28.5 Å². The van der Waals surface area contributed by atoms with Crippen LogP contribution in [0.2, 0.25) is 0 Å². The van der Waals surface area contributed by atoms with E-state index < -0.39 is 11.5 Å². The lowest BCUT2D eigenvalue weighted by Gasteiger charge is -2.11. The van der Waals surface area contributed by atoms with Crippen molar-refractivity contribution in [3.8, 4) is 11.5 Å². The molecule has 0 atom stereocenters. The summed E-state index contributed by atoms with van der Waals surface area (Å²) < 4.78 is 6.24. The third-order valence-electron chi connectivity index (χ3n) is 3.67. The van der Waals surface area contributed by atoms with Gasteiger partial charge in [-0.2, -0.15) is 0 Å². The number of aromatic amines is 1. The van der Waals surface area contributed by atoms with Gasteiger partial charge in [0.1, 0.15) is 11.5 Å². The van der Waals surface area contributed by atoms with E-state index in [0.717, 1.165) is 29.2 Å². The van der Waals surface area contributed by atoms with Gasteiger partial charge in [-0.25, -0.2) is 0 Å². The van der Waals surface area contributed by atoms with Gasteiger partial charge in [0.05, 0.1) is 38.0 Å². The molecule has 1 aromatic carbocycles. The van der Waals surface area contributed by atoms with Crippen molar-refractivity contribution in [3.63, 3.8) is 0 Å². The number of fused-ring (bicyclic) bond motifs is 1. The van der Waals surface area contributed by atoms with Gasteiger partial charge in [-0.15, -0.1) is 23.1 Å². The fourth-order valence-corrected chi connectivity index (χ4v) is 4.81. The standard InChI is InChI=1S/C18H17N3O5S2/c1-2-26-11-6-4-3-5-9(11)20-13(24)8-27-18-14(17(19)25)15-16(28-18)10(22)7-12(23)21-15/h3-7H,2,8H2,1H3,(H2,19,25)(H,20,24)(H2,21,22,23). The number of aromatic hydroxyl groups is 1. The van der Waals surface area contributed by atoms with Crippen LogP contribution in [0.5, 0.6) is 11.5 Å². The van der Waals surface area contributed by atoms with E-state index >= 15 is 0 Å². The number of thiophene rings is 1. The van der Waals surface area contributed by atoms with Crippen LogP contribution in [0, 0.1) is 0 Å². The van der Waals surface area contributed by atoms with Crippen LogP contribution in [0.15, 0.2) is 39.3 Å². The molecule has 0 radical (unpaired) electrons. The number of benzene rings is 1. The van der Waals surface area contributed by atoms with E-state index in [9.17, 15) is 19.5 Å². The molecular weight excluding hydrogens is 402 g/mol. The SMILES string of the molecule is CCOc1ccccc1NC(=O)CSc1sc2c(O)cc(=O)[nH]c2c1C(N)=O. The third kappa shape index (κ3) is 4.12. The summed E-state index contributed by atoms with van der Waals surface area (Å²) >= 11 is 2.18. The smallest absolute Gasteiger partial charge is 0.252 e. The zero-order valence-corrected chi connectivity index (χ0v) is 16.4. The van der Waals surface area contributed by atoms with Crippen molar-refractivity contribution in [2.45, 2.75) is 11.1 Å². The van der Waals surface area contributed by atoms with Crippen LogP contribution in [0.4, 0.5) is 5.69 Å². The average Bonchev–Trinajstić information content (AvgIpc) is 3.01. The zero-order valence-electron chi connectivity index (χ0n) is 14.8. The molecule has 146 valence electrons. The normalized spacial score (nSPS) is 10.8. The van der Waals surface area contributed by atoms with E-state index in [1.807, 2.05) is 6.92 Å². The van der Waals surface area contributed by atoms with E-state index in [1.165, 1.54) is 0 Å². The van der Waals surface area contributed by atoms with Gasteiger partial charge in [-0.3, -0.25) is 14.4 Å². The van der Waals surface area contributed by atoms with Gasteiger partial charge >= 0.3 is 0 Å². The van der Waals surface area contributed by atoms with Crippen LogP contribution in [0.3, 0.4) is 0 Å².